The number of hydrogen-bond donors (Lipinski definition) is 0. The van der Waals surface area contributed by atoms with E-state index in [2.05, 4.69) is 15.3 Å². The van der Waals surface area contributed by atoms with Crippen LogP contribution in [0.25, 0.3) is 10.8 Å². The summed E-state index contributed by atoms with van der Waals surface area (Å²) in [5, 5.41) is 3.00. The molecule has 8 heteroatoms. The molecule has 0 N–H and O–H groups in total. The fourth-order valence-electron chi connectivity index (χ4n) is 3.17. The van der Waals surface area contributed by atoms with Crippen LogP contribution in [0, 0.1) is 0 Å². The molecule has 0 bridgehead atoms. The topological polar surface area (TPSA) is 62.1 Å². The highest BCUT2D eigenvalue weighted by Crippen LogP contribution is 2.24. The summed E-state index contributed by atoms with van der Waals surface area (Å²) in [6.07, 6.45) is 1.67. The maximum absolute atomic E-state index is 12.5. The monoisotopic (exact) mass is 362 g/mol. The predicted octanol–water partition coefficient (Wildman–Crippen LogP) is 1.97. The number of thiazole rings is 1. The molecule has 2 aliphatic rings. The van der Waals surface area contributed by atoms with Gasteiger partial charge in [0.15, 0.2) is 10.8 Å². The Morgan fingerprint density at radius 1 is 1.12 bits per heavy atom. The van der Waals surface area contributed by atoms with E-state index in [1.54, 1.807) is 17.6 Å². The molecule has 0 unspecified atom stereocenters. The van der Waals surface area contributed by atoms with Crippen molar-refractivity contribution < 1.29 is 13.9 Å². The Labute approximate surface area is 150 Å². The molecule has 2 aromatic heterocycles. The second kappa shape index (κ2) is 7.55. The molecule has 2 aromatic rings. The van der Waals surface area contributed by atoms with Gasteiger partial charge in [-0.3, -0.25) is 4.90 Å². The lowest BCUT2D eigenvalue weighted by molar-refractivity contribution is 0.0372. The zero-order chi connectivity index (χ0) is 17.1. The molecule has 7 nitrogen and oxygen atoms in total. The van der Waals surface area contributed by atoms with Crippen molar-refractivity contribution >= 4 is 17.4 Å². The molecule has 25 heavy (non-hydrogen) atoms. The average molecular weight is 362 g/mol. The van der Waals surface area contributed by atoms with Crippen LogP contribution in [0.5, 0.6) is 0 Å². The van der Waals surface area contributed by atoms with Gasteiger partial charge >= 0.3 is 6.03 Å². The van der Waals surface area contributed by atoms with Crippen LogP contribution < -0.4 is 0 Å². The van der Waals surface area contributed by atoms with E-state index < -0.39 is 0 Å². The van der Waals surface area contributed by atoms with Crippen molar-refractivity contribution in [2.45, 2.75) is 6.54 Å². The number of furan rings is 1. The Balaban J connectivity index is 1.28. The number of morpholine rings is 1. The number of urea groups is 1. The highest BCUT2D eigenvalue weighted by Gasteiger charge is 2.26. The van der Waals surface area contributed by atoms with Gasteiger partial charge in [-0.2, -0.15) is 0 Å². The van der Waals surface area contributed by atoms with Gasteiger partial charge < -0.3 is 19.0 Å². The van der Waals surface area contributed by atoms with Crippen molar-refractivity contribution in [2.75, 3.05) is 52.5 Å². The summed E-state index contributed by atoms with van der Waals surface area (Å²) in [7, 11) is 0. The van der Waals surface area contributed by atoms with Crippen molar-refractivity contribution in [3.63, 3.8) is 0 Å². The van der Waals surface area contributed by atoms with E-state index in [1.807, 2.05) is 21.9 Å². The molecule has 2 saturated heterocycles. The van der Waals surface area contributed by atoms with Crippen LogP contribution in [0.3, 0.4) is 0 Å². The highest BCUT2D eigenvalue weighted by atomic mass is 32.1. The smallest absolute Gasteiger partial charge is 0.320 e. The normalized spacial score (nSPS) is 19.4. The summed E-state index contributed by atoms with van der Waals surface area (Å²) in [5.41, 5.74) is 1.06. The average Bonchev–Trinajstić information content (AvgIpc) is 3.34. The molecule has 4 heterocycles. The molecule has 0 radical (unpaired) electrons. The minimum Gasteiger partial charge on any atom is -0.462 e. The highest BCUT2D eigenvalue weighted by molar-refractivity contribution is 7.13. The van der Waals surface area contributed by atoms with Gasteiger partial charge in [0.2, 0.25) is 0 Å². The second-order valence-corrected chi connectivity index (χ2v) is 7.12. The van der Waals surface area contributed by atoms with Gasteiger partial charge in [-0.1, -0.05) is 0 Å². The van der Waals surface area contributed by atoms with Crippen molar-refractivity contribution in [1.29, 1.82) is 0 Å². The van der Waals surface area contributed by atoms with Crippen LogP contribution in [0.4, 0.5) is 4.79 Å². The third-order valence-corrected chi connectivity index (χ3v) is 5.50. The maximum Gasteiger partial charge on any atom is 0.320 e. The summed E-state index contributed by atoms with van der Waals surface area (Å²) in [6, 6.07) is 3.96. The summed E-state index contributed by atoms with van der Waals surface area (Å²) in [6.45, 7) is 6.81. The third-order valence-electron chi connectivity index (χ3n) is 4.59. The number of nitrogens with zero attached hydrogens (tertiary/aromatic N) is 4. The second-order valence-electron chi connectivity index (χ2n) is 6.27. The Hall–Kier alpha value is -1.90. The molecule has 2 aliphatic heterocycles. The van der Waals surface area contributed by atoms with Crippen LogP contribution in [0.1, 0.15) is 5.69 Å². The van der Waals surface area contributed by atoms with E-state index in [-0.39, 0.29) is 6.03 Å². The zero-order valence-corrected chi connectivity index (χ0v) is 14.9. The number of rotatable bonds is 3. The lowest BCUT2D eigenvalue weighted by Crippen LogP contribution is -2.54. The van der Waals surface area contributed by atoms with Crippen LogP contribution in [-0.4, -0.2) is 78.2 Å². The fraction of sp³-hybridized carbons (Fsp3) is 0.529. The molecule has 2 amide bonds. The van der Waals surface area contributed by atoms with Crippen molar-refractivity contribution in [1.82, 2.24) is 19.7 Å². The van der Waals surface area contributed by atoms with Crippen molar-refractivity contribution in [2.24, 2.45) is 0 Å². The molecule has 2 fully saturated rings. The number of hydrogen-bond acceptors (Lipinski definition) is 6. The molecule has 0 spiro atoms. The zero-order valence-electron chi connectivity index (χ0n) is 14.1. The number of ether oxygens (including phenoxy) is 1. The van der Waals surface area contributed by atoms with E-state index in [1.165, 1.54) is 0 Å². The summed E-state index contributed by atoms with van der Waals surface area (Å²) >= 11 is 1.61. The standard InChI is InChI=1S/C17H22N4O3S/c22-17(21-7-10-23-11-8-21)20-5-3-19(4-6-20)12-14-13-25-16(18-14)15-2-1-9-24-15/h1-2,9,13H,3-8,10-12H2. The van der Waals surface area contributed by atoms with Crippen molar-refractivity contribution in [3.8, 4) is 10.8 Å². The summed E-state index contributed by atoms with van der Waals surface area (Å²) < 4.78 is 10.7. The fourth-order valence-corrected chi connectivity index (χ4v) is 3.95. The van der Waals surface area contributed by atoms with Gasteiger partial charge in [-0.15, -0.1) is 11.3 Å². The van der Waals surface area contributed by atoms with Gasteiger partial charge in [0.05, 0.1) is 25.2 Å². The van der Waals surface area contributed by atoms with Crippen LogP contribution in [0.2, 0.25) is 0 Å². The van der Waals surface area contributed by atoms with Gasteiger partial charge in [0, 0.05) is 51.2 Å². The van der Waals surface area contributed by atoms with E-state index in [9.17, 15) is 4.79 Å². The maximum atomic E-state index is 12.5. The van der Waals surface area contributed by atoms with Crippen LogP contribution >= 0.6 is 11.3 Å². The lowest BCUT2D eigenvalue weighted by Gasteiger charge is -2.38. The first-order valence-electron chi connectivity index (χ1n) is 8.62. The van der Waals surface area contributed by atoms with E-state index in [0.717, 1.165) is 49.2 Å². The van der Waals surface area contributed by atoms with E-state index >= 15 is 0 Å². The molecule has 0 aliphatic carbocycles. The molecule has 0 saturated carbocycles. The molecule has 0 atom stereocenters. The first-order chi connectivity index (χ1) is 12.3. The van der Waals surface area contributed by atoms with Crippen LogP contribution in [-0.2, 0) is 11.3 Å². The quantitative estimate of drug-likeness (QED) is 0.835. The Morgan fingerprint density at radius 2 is 1.88 bits per heavy atom. The van der Waals surface area contributed by atoms with E-state index in [0.29, 0.717) is 26.3 Å². The minimum absolute atomic E-state index is 0.150. The number of piperazine rings is 1. The molecular weight excluding hydrogens is 340 g/mol. The largest absolute Gasteiger partial charge is 0.462 e. The number of aromatic nitrogens is 1. The molecule has 134 valence electrons. The van der Waals surface area contributed by atoms with E-state index in [4.69, 9.17) is 9.15 Å². The Morgan fingerprint density at radius 3 is 2.60 bits per heavy atom. The summed E-state index contributed by atoms with van der Waals surface area (Å²) in [4.78, 5) is 23.4. The third kappa shape index (κ3) is 3.86. The summed E-state index contributed by atoms with van der Waals surface area (Å²) in [5.74, 6) is 0.817. The molecule has 0 aromatic carbocycles. The minimum atomic E-state index is 0.150. The first-order valence-corrected chi connectivity index (χ1v) is 9.50. The van der Waals surface area contributed by atoms with Gasteiger partial charge in [0.1, 0.15) is 0 Å². The molecular formula is C17H22N4O3S. The number of carbonyl (C=O) groups excluding carboxylic acids is 1. The first kappa shape index (κ1) is 16.6. The van der Waals surface area contributed by atoms with Crippen LogP contribution in [0.15, 0.2) is 28.2 Å². The Kier molecular flexibility index (Phi) is 5.00. The van der Waals surface area contributed by atoms with Gasteiger partial charge in [-0.25, -0.2) is 9.78 Å². The number of carbonyl (C=O) groups is 1. The van der Waals surface area contributed by atoms with Crippen molar-refractivity contribution in [3.05, 3.63) is 29.5 Å². The Bertz CT molecular complexity index is 689. The lowest BCUT2D eigenvalue weighted by atomic mass is 10.3. The molecule has 4 rings (SSSR count). The SMILES string of the molecule is O=C(N1CCOCC1)N1CCN(Cc2csc(-c3ccco3)n2)CC1. The predicted molar refractivity (Wildman–Crippen MR) is 94.5 cm³/mol. The number of amides is 2. The van der Waals surface area contributed by atoms with Gasteiger partial charge in [0.25, 0.3) is 0 Å². The van der Waals surface area contributed by atoms with Gasteiger partial charge in [-0.05, 0) is 12.1 Å².